The minimum atomic E-state index is 0. The van der Waals surface area contributed by atoms with E-state index < -0.39 is 0 Å². The van der Waals surface area contributed by atoms with Gasteiger partial charge in [0.2, 0.25) is 0 Å². The molecule has 3 aliphatic rings. The second kappa shape index (κ2) is 7.67. The number of allylic oxidation sites excluding steroid dienone is 3. The van der Waals surface area contributed by atoms with Crippen molar-refractivity contribution in [1.82, 2.24) is 15.0 Å². The number of carbonyl (C=O) groups excluding carboxylic acids is 1. The van der Waals surface area contributed by atoms with Crippen molar-refractivity contribution >= 4 is 52.6 Å². The van der Waals surface area contributed by atoms with Crippen molar-refractivity contribution in [2.45, 2.75) is 53.9 Å². The van der Waals surface area contributed by atoms with Crippen LogP contribution in [0.5, 0.6) is 0 Å². The summed E-state index contributed by atoms with van der Waals surface area (Å²) < 4.78 is 0. The van der Waals surface area contributed by atoms with Gasteiger partial charge in [-0.15, -0.1) is 33.5 Å². The predicted molar refractivity (Wildman–Crippen MR) is 132 cm³/mol. The van der Waals surface area contributed by atoms with Crippen LogP contribution in [0.4, 0.5) is 0 Å². The average Bonchev–Trinajstić information content (AvgIpc) is 3.53. The number of fused-ring (bicyclic) bond motifs is 7. The fourth-order valence-corrected chi connectivity index (χ4v) is 5.03. The van der Waals surface area contributed by atoms with Gasteiger partial charge in [0.1, 0.15) is 0 Å². The van der Waals surface area contributed by atoms with Crippen LogP contribution in [0.15, 0.2) is 11.4 Å². The zero-order valence-corrected chi connectivity index (χ0v) is 21.2. The van der Waals surface area contributed by atoms with Crippen LogP contribution in [0.3, 0.4) is 0 Å². The van der Waals surface area contributed by atoms with Gasteiger partial charge in [-0.25, -0.2) is 0 Å². The molecular weight excluding hydrogens is 421 g/mol. The molecule has 162 valence electrons. The molecule has 8 bridgehead atoms. The Morgan fingerprint density at radius 2 is 1.30 bits per heavy atom. The van der Waals surface area contributed by atoms with Gasteiger partial charge in [-0.05, 0) is 47.5 Å². The van der Waals surface area contributed by atoms with Crippen molar-refractivity contribution in [1.29, 1.82) is 0 Å². The number of Topliss-reactive ketones (excluding diaryl/α,β-unsaturated/α-hetero) is 1. The van der Waals surface area contributed by atoms with E-state index in [0.29, 0.717) is 6.42 Å². The van der Waals surface area contributed by atoms with Gasteiger partial charge in [-0.2, -0.15) is 11.4 Å². The van der Waals surface area contributed by atoms with Gasteiger partial charge in [0.15, 0.2) is 5.78 Å². The van der Waals surface area contributed by atoms with Crippen LogP contribution in [0, 0.1) is 34.6 Å². The third-order valence-electron chi connectivity index (χ3n) is 7.37. The summed E-state index contributed by atoms with van der Waals surface area (Å²) in [6.07, 6.45) is 8.29. The Hall–Kier alpha value is -2.70. The number of hydrogen-bond donors (Lipinski definition) is 0. The maximum atomic E-state index is 12.9. The molecule has 0 radical (unpaired) electrons. The van der Waals surface area contributed by atoms with Gasteiger partial charge in [-0.1, -0.05) is 51.6 Å². The van der Waals surface area contributed by atoms with Crippen molar-refractivity contribution in [3.63, 3.8) is 0 Å². The Morgan fingerprint density at radius 3 is 1.97 bits per heavy atom. The molecule has 1 aliphatic carbocycles. The molecular formula is C27H24MgN4O-2. The van der Waals surface area contributed by atoms with Gasteiger partial charge >= 0.3 is 23.1 Å². The zero-order chi connectivity index (χ0) is 22.3. The fraction of sp³-hybridized carbons (Fsp3) is 0.296. The standard InChI is InChI=1S/C27H25N4O.Mg/c1-12-13(2)21-10-22-14(3)15(4)23(30-22)11-24-16(5)26-25(32)9-18(27(26)31-24)19-7-6-17(28-19)8-20(12)29-21;/h8,10-11H,6-7,9H2,1-5H3,(H-,28,31,32);/q-3;+2/p-1/b17-8-,22-10-,23-11-;. The first-order valence-corrected chi connectivity index (χ1v) is 11.1. The third kappa shape index (κ3) is 3.22. The van der Waals surface area contributed by atoms with Gasteiger partial charge in [0, 0.05) is 12.0 Å². The van der Waals surface area contributed by atoms with Crippen molar-refractivity contribution < 1.29 is 4.79 Å². The summed E-state index contributed by atoms with van der Waals surface area (Å²) in [5, 5.41) is 6.75. The summed E-state index contributed by atoms with van der Waals surface area (Å²) >= 11 is 0. The number of carbonyl (C=O) groups is 1. The van der Waals surface area contributed by atoms with E-state index in [1.807, 2.05) is 13.0 Å². The van der Waals surface area contributed by atoms with Crippen LogP contribution in [0.25, 0.3) is 29.1 Å². The first-order chi connectivity index (χ1) is 15.3. The molecule has 2 aliphatic heterocycles. The van der Waals surface area contributed by atoms with E-state index in [0.717, 1.165) is 85.5 Å². The Kier molecular flexibility index (Phi) is 5.14. The molecule has 1 saturated heterocycles. The van der Waals surface area contributed by atoms with Crippen molar-refractivity contribution in [3.8, 4) is 0 Å². The number of hydrogen-bond acceptors (Lipinski definition) is 1. The molecule has 5 heterocycles. The summed E-state index contributed by atoms with van der Waals surface area (Å²) in [5.74, 6) is 0.145. The molecule has 1 fully saturated rings. The van der Waals surface area contributed by atoms with Crippen LogP contribution < -0.4 is 25.7 Å². The smallest absolute Gasteiger partial charge is 0.665 e. The number of aromatic nitrogens is 3. The Bertz CT molecular complexity index is 1540. The fourth-order valence-electron chi connectivity index (χ4n) is 5.03. The van der Waals surface area contributed by atoms with Crippen LogP contribution >= 0.6 is 0 Å². The first kappa shape index (κ1) is 22.1. The summed E-state index contributed by atoms with van der Waals surface area (Å²) in [6.45, 7) is 10.4. The SMILES string of the molecule is Cc1c2[n-]c(c1C)/C=c1\[n-]/c(c(C)c1C)=C\c1[n-]c3c(c1C)C(=O)C/C3=C1\CC/C(=C/2)[N-]1.[Mg+2]. The minimum absolute atomic E-state index is 0. The van der Waals surface area contributed by atoms with E-state index in [-0.39, 0.29) is 28.8 Å². The van der Waals surface area contributed by atoms with E-state index in [1.54, 1.807) is 0 Å². The Labute approximate surface area is 209 Å². The quantitative estimate of drug-likeness (QED) is 0.499. The molecule has 5 nitrogen and oxygen atoms in total. The largest absolute Gasteiger partial charge is 2.00 e. The van der Waals surface area contributed by atoms with Crippen LogP contribution in [-0.4, -0.2) is 28.8 Å². The zero-order valence-electron chi connectivity index (χ0n) is 19.8. The molecule has 0 N–H and O–H groups in total. The van der Waals surface area contributed by atoms with Crippen LogP contribution in [0.2, 0.25) is 0 Å². The van der Waals surface area contributed by atoms with E-state index >= 15 is 0 Å². The van der Waals surface area contributed by atoms with E-state index in [2.05, 4.69) is 39.8 Å². The van der Waals surface area contributed by atoms with E-state index in [1.165, 1.54) is 11.1 Å². The van der Waals surface area contributed by atoms with E-state index in [9.17, 15) is 4.79 Å². The Balaban J connectivity index is 0.00000228. The summed E-state index contributed by atoms with van der Waals surface area (Å²) in [4.78, 5) is 27.7. The third-order valence-corrected chi connectivity index (χ3v) is 7.37. The van der Waals surface area contributed by atoms with Crippen LogP contribution in [0.1, 0.15) is 80.2 Å². The van der Waals surface area contributed by atoms with Crippen molar-refractivity contribution in [2.24, 2.45) is 0 Å². The summed E-state index contributed by atoms with van der Waals surface area (Å²) in [5.41, 5.74) is 12.9. The molecule has 0 aromatic carbocycles. The normalized spacial score (nSPS) is 22.1. The Morgan fingerprint density at radius 1 is 0.697 bits per heavy atom. The number of ketones is 1. The van der Waals surface area contributed by atoms with Crippen LogP contribution in [-0.2, 0) is 0 Å². The molecule has 6 heteroatoms. The maximum absolute atomic E-state index is 12.9. The average molecular weight is 445 g/mol. The minimum Gasteiger partial charge on any atom is -0.665 e. The monoisotopic (exact) mass is 444 g/mol. The molecule has 3 aromatic rings. The molecule has 3 aromatic heterocycles. The van der Waals surface area contributed by atoms with Crippen molar-refractivity contribution in [2.75, 3.05) is 0 Å². The summed E-state index contributed by atoms with van der Waals surface area (Å²) in [6, 6.07) is 0. The van der Waals surface area contributed by atoms with Gasteiger partial charge in [0.05, 0.1) is 0 Å². The molecule has 6 rings (SSSR count). The first-order valence-electron chi connectivity index (χ1n) is 11.1. The maximum Gasteiger partial charge on any atom is 2.00 e. The van der Waals surface area contributed by atoms with Gasteiger partial charge in [0.25, 0.3) is 0 Å². The molecule has 0 spiro atoms. The second-order valence-electron chi connectivity index (χ2n) is 9.17. The second-order valence-corrected chi connectivity index (χ2v) is 9.17. The predicted octanol–water partition coefficient (Wildman–Crippen LogP) is 3.20. The van der Waals surface area contributed by atoms with Gasteiger partial charge in [-0.3, -0.25) is 4.79 Å². The topological polar surface area (TPSA) is 73.5 Å². The summed E-state index contributed by atoms with van der Waals surface area (Å²) in [7, 11) is 0. The number of rotatable bonds is 0. The van der Waals surface area contributed by atoms with E-state index in [4.69, 9.17) is 20.3 Å². The molecule has 0 saturated carbocycles. The molecule has 0 amide bonds. The number of nitrogens with zero attached hydrogens (tertiary/aromatic N) is 4. The van der Waals surface area contributed by atoms with Crippen molar-refractivity contribution in [3.05, 3.63) is 83.6 Å². The molecule has 0 atom stereocenters. The molecule has 33 heavy (non-hydrogen) atoms. The molecule has 0 unspecified atom stereocenters. The van der Waals surface area contributed by atoms with Gasteiger partial charge < -0.3 is 20.3 Å².